The normalized spacial score (nSPS) is 26.6. The van der Waals surface area contributed by atoms with Crippen molar-refractivity contribution in [3.8, 4) is 6.07 Å². The van der Waals surface area contributed by atoms with E-state index in [1.165, 1.54) is 0 Å². The van der Waals surface area contributed by atoms with Crippen molar-refractivity contribution in [2.75, 3.05) is 0 Å². The fraction of sp³-hybridized carbons (Fsp3) is 0.278. The second-order valence-corrected chi connectivity index (χ2v) is 6.49. The minimum atomic E-state index is -1.31. The van der Waals surface area contributed by atoms with Crippen molar-refractivity contribution in [1.29, 1.82) is 5.26 Å². The van der Waals surface area contributed by atoms with Crippen LogP contribution < -0.4 is 9.88 Å². The van der Waals surface area contributed by atoms with Gasteiger partial charge in [0.05, 0.1) is 12.0 Å². The van der Waals surface area contributed by atoms with Crippen LogP contribution in [0.4, 0.5) is 0 Å². The molecule has 0 aliphatic carbocycles. The smallest absolute Gasteiger partial charge is 0.216 e. The first-order chi connectivity index (χ1) is 11.5. The van der Waals surface area contributed by atoms with Crippen LogP contribution in [0.3, 0.4) is 0 Å². The molecule has 3 heterocycles. The van der Waals surface area contributed by atoms with E-state index in [1.807, 2.05) is 48.0 Å². The zero-order chi connectivity index (χ0) is 17.3. The number of nitrogens with one attached hydrogen (secondary N) is 1. The van der Waals surface area contributed by atoms with E-state index in [2.05, 4.69) is 16.4 Å². The lowest BCUT2D eigenvalue weighted by atomic mass is 9.78. The number of aryl methyl sites for hydroxylation is 1. The third-order valence-electron chi connectivity index (χ3n) is 4.38. The van der Waals surface area contributed by atoms with Gasteiger partial charge in [-0.05, 0) is 18.6 Å². The molecule has 6 heteroatoms. The lowest BCUT2D eigenvalue weighted by Gasteiger charge is -2.43. The van der Waals surface area contributed by atoms with Crippen LogP contribution in [0, 0.1) is 18.3 Å². The Bertz CT molecular complexity index is 826. The molecule has 0 saturated heterocycles. The van der Waals surface area contributed by atoms with Gasteiger partial charge in [0.25, 0.3) is 0 Å². The Kier molecular flexibility index (Phi) is 4.22. The van der Waals surface area contributed by atoms with Gasteiger partial charge in [0.2, 0.25) is 6.04 Å². The number of allylic oxidation sites excluding steroid dienone is 1. The third-order valence-corrected chi connectivity index (χ3v) is 4.70. The van der Waals surface area contributed by atoms with Gasteiger partial charge in [0.15, 0.2) is 17.6 Å². The van der Waals surface area contributed by atoms with Gasteiger partial charge in [-0.2, -0.15) is 9.83 Å². The van der Waals surface area contributed by atoms with Crippen LogP contribution in [0.25, 0.3) is 0 Å². The lowest BCUT2D eigenvalue weighted by Crippen LogP contribution is -2.64. The van der Waals surface area contributed by atoms with Crippen LogP contribution in [0.2, 0.25) is 0 Å². The summed E-state index contributed by atoms with van der Waals surface area (Å²) in [6.07, 6.45) is 5.31. The van der Waals surface area contributed by atoms with E-state index in [9.17, 15) is 10.4 Å². The maximum atomic E-state index is 11.1. The molecule has 3 atom stereocenters. The van der Waals surface area contributed by atoms with Crippen molar-refractivity contribution >= 4 is 12.6 Å². The molecule has 0 saturated carbocycles. The summed E-state index contributed by atoms with van der Waals surface area (Å²) in [7, 11) is 0. The second kappa shape index (κ2) is 6.19. The van der Waals surface area contributed by atoms with Gasteiger partial charge in [0.1, 0.15) is 0 Å². The van der Waals surface area contributed by atoms with Crippen molar-refractivity contribution in [3.05, 3.63) is 70.8 Å². The van der Waals surface area contributed by atoms with Crippen molar-refractivity contribution in [3.63, 3.8) is 0 Å². The summed E-state index contributed by atoms with van der Waals surface area (Å²) in [6.45, 7) is 3.65. The van der Waals surface area contributed by atoms with Crippen molar-refractivity contribution in [2.45, 2.75) is 31.5 Å². The van der Waals surface area contributed by atoms with Gasteiger partial charge in [-0.3, -0.25) is 4.98 Å². The van der Waals surface area contributed by atoms with Gasteiger partial charge >= 0.3 is 0 Å². The number of aliphatic hydroxyl groups is 1. The van der Waals surface area contributed by atoms with E-state index in [-0.39, 0.29) is 5.03 Å². The Morgan fingerprint density at radius 1 is 1.38 bits per heavy atom. The molecule has 1 aliphatic rings. The zero-order valence-corrected chi connectivity index (χ0v) is 14.3. The zero-order valence-electron chi connectivity index (χ0n) is 13.5. The van der Waals surface area contributed by atoms with Gasteiger partial charge in [0, 0.05) is 37.0 Å². The highest BCUT2D eigenvalue weighted by Gasteiger charge is 2.50. The SMILES string of the molecule is Cc1cccc[n+]1C1[C@H](c2cccnc2)C(C#N)=C([S-])N[C@@]1(C)O. The predicted octanol–water partition coefficient (Wildman–Crippen LogP) is 1.60. The summed E-state index contributed by atoms with van der Waals surface area (Å²) in [6, 6.07) is 11.3. The van der Waals surface area contributed by atoms with Crippen LogP contribution >= 0.6 is 0 Å². The first kappa shape index (κ1) is 16.4. The van der Waals surface area contributed by atoms with Crippen LogP contribution in [0.15, 0.2) is 59.5 Å². The summed E-state index contributed by atoms with van der Waals surface area (Å²) in [5.41, 5.74) is 0.946. The Labute approximate surface area is 146 Å². The van der Waals surface area contributed by atoms with Crippen LogP contribution in [-0.2, 0) is 12.6 Å². The highest BCUT2D eigenvalue weighted by Crippen LogP contribution is 2.42. The van der Waals surface area contributed by atoms with Crippen molar-refractivity contribution < 1.29 is 9.67 Å². The Morgan fingerprint density at radius 3 is 2.79 bits per heavy atom. The fourth-order valence-electron chi connectivity index (χ4n) is 3.31. The van der Waals surface area contributed by atoms with Crippen LogP contribution in [0.5, 0.6) is 0 Å². The molecule has 3 rings (SSSR count). The molecular weight excluding hydrogens is 320 g/mol. The summed E-state index contributed by atoms with van der Waals surface area (Å²) >= 11 is 5.33. The summed E-state index contributed by atoms with van der Waals surface area (Å²) in [5.74, 6) is -0.390. The maximum absolute atomic E-state index is 11.1. The van der Waals surface area contributed by atoms with E-state index >= 15 is 0 Å². The molecule has 0 amide bonds. The van der Waals surface area contributed by atoms with E-state index in [1.54, 1.807) is 19.3 Å². The third kappa shape index (κ3) is 2.73. The monoisotopic (exact) mass is 338 g/mol. The maximum Gasteiger partial charge on any atom is 0.216 e. The van der Waals surface area contributed by atoms with Crippen LogP contribution in [0.1, 0.15) is 30.1 Å². The van der Waals surface area contributed by atoms with Gasteiger partial charge in [-0.1, -0.05) is 17.2 Å². The second-order valence-electron chi connectivity index (χ2n) is 6.09. The van der Waals surface area contributed by atoms with E-state index < -0.39 is 17.7 Å². The summed E-state index contributed by atoms with van der Waals surface area (Å²) in [4.78, 5) is 4.17. The van der Waals surface area contributed by atoms with Gasteiger partial charge < -0.3 is 23.1 Å². The average molecular weight is 338 g/mol. The molecule has 2 N–H and O–H groups in total. The Balaban J connectivity index is 2.27. The highest BCUT2D eigenvalue weighted by molar-refractivity contribution is 7.63. The molecule has 122 valence electrons. The molecule has 0 bridgehead atoms. The number of hydrogen-bond acceptors (Lipinski definition) is 5. The highest BCUT2D eigenvalue weighted by atomic mass is 32.1. The van der Waals surface area contributed by atoms with Crippen molar-refractivity contribution in [2.24, 2.45) is 0 Å². The quantitative estimate of drug-likeness (QED) is 0.643. The molecule has 1 aliphatic heterocycles. The molecule has 0 spiro atoms. The first-order valence-corrected chi connectivity index (χ1v) is 8.05. The molecule has 5 nitrogen and oxygen atoms in total. The van der Waals surface area contributed by atoms with Crippen LogP contribution in [-0.4, -0.2) is 15.8 Å². The predicted molar refractivity (Wildman–Crippen MR) is 91.2 cm³/mol. The molecular formula is C18H18N4OS. The number of nitrogens with zero attached hydrogens (tertiary/aromatic N) is 3. The number of nitriles is 1. The van der Waals surface area contributed by atoms with E-state index in [0.717, 1.165) is 11.3 Å². The fourth-order valence-corrected chi connectivity index (χ4v) is 3.69. The average Bonchev–Trinajstić information content (AvgIpc) is 2.55. The minimum Gasteiger partial charge on any atom is -0.762 e. The molecule has 1 unspecified atom stereocenters. The Morgan fingerprint density at radius 2 is 2.17 bits per heavy atom. The molecule has 24 heavy (non-hydrogen) atoms. The van der Waals surface area contributed by atoms with Gasteiger partial charge in [-0.25, -0.2) is 0 Å². The molecule has 0 fully saturated rings. The molecule has 2 aromatic heterocycles. The summed E-state index contributed by atoms with van der Waals surface area (Å²) in [5, 5.41) is 23.9. The van der Waals surface area contributed by atoms with Crippen molar-refractivity contribution in [1.82, 2.24) is 10.3 Å². The topological polar surface area (TPSA) is 72.8 Å². The largest absolute Gasteiger partial charge is 0.762 e. The molecule has 0 radical (unpaired) electrons. The molecule has 0 aromatic carbocycles. The summed E-state index contributed by atoms with van der Waals surface area (Å²) < 4.78 is 1.98. The molecule has 2 aromatic rings. The number of hydrogen-bond donors (Lipinski definition) is 2. The Hall–Kier alpha value is -2.49. The number of rotatable bonds is 2. The minimum absolute atomic E-state index is 0.279. The first-order valence-electron chi connectivity index (χ1n) is 7.64. The van der Waals surface area contributed by atoms with Gasteiger partial charge in [-0.15, -0.1) is 0 Å². The lowest BCUT2D eigenvalue weighted by molar-refractivity contribution is -0.746. The standard InChI is InChI=1S/C18H18N4OS/c1-12-6-3-4-9-22(12)16-15(13-7-5-8-20-11-13)14(10-19)17(24)21-18(16,2)23/h3-9,11,15-16,21,23H,1-2H3/t15-,16?,18+/m1/s1. The number of aromatic nitrogens is 2. The van der Waals surface area contributed by atoms with E-state index in [4.69, 9.17) is 12.6 Å². The van der Waals surface area contributed by atoms with E-state index in [0.29, 0.717) is 5.57 Å². The number of pyridine rings is 2.